The second kappa shape index (κ2) is 14.8. The molecular formula is C17H32O5. The van der Waals surface area contributed by atoms with Crippen LogP contribution in [0.15, 0.2) is 0 Å². The molecule has 0 radical (unpaired) electrons. The maximum absolute atomic E-state index is 11.4. The molecule has 5 heteroatoms. The molecular weight excluding hydrogens is 284 g/mol. The van der Waals surface area contributed by atoms with Crippen molar-refractivity contribution in [1.82, 2.24) is 0 Å². The lowest BCUT2D eigenvalue weighted by molar-refractivity contribution is -0.153. The number of aliphatic carboxylic acids is 1. The van der Waals surface area contributed by atoms with Crippen molar-refractivity contribution in [3.63, 3.8) is 0 Å². The van der Waals surface area contributed by atoms with Crippen molar-refractivity contribution in [2.75, 3.05) is 19.8 Å². The van der Waals surface area contributed by atoms with E-state index in [2.05, 4.69) is 13.8 Å². The van der Waals surface area contributed by atoms with Gasteiger partial charge in [-0.25, -0.2) is 9.59 Å². The van der Waals surface area contributed by atoms with Crippen LogP contribution in [-0.2, 0) is 19.1 Å². The first kappa shape index (κ1) is 20.9. The first-order valence-electron chi connectivity index (χ1n) is 8.55. The molecule has 0 spiro atoms. The van der Waals surface area contributed by atoms with E-state index in [0.29, 0.717) is 12.5 Å². The van der Waals surface area contributed by atoms with Gasteiger partial charge in [0.15, 0.2) is 0 Å². The highest BCUT2D eigenvalue weighted by molar-refractivity contribution is 5.72. The number of carboxylic acids is 1. The molecule has 0 saturated heterocycles. The van der Waals surface area contributed by atoms with Crippen LogP contribution in [0.1, 0.15) is 71.6 Å². The topological polar surface area (TPSA) is 72.8 Å². The van der Waals surface area contributed by atoms with E-state index in [9.17, 15) is 9.59 Å². The maximum Gasteiger partial charge on any atom is 0.332 e. The number of rotatable bonds is 15. The largest absolute Gasteiger partial charge is 0.480 e. The van der Waals surface area contributed by atoms with E-state index in [-0.39, 0.29) is 6.61 Å². The minimum Gasteiger partial charge on any atom is -0.480 e. The lowest BCUT2D eigenvalue weighted by Gasteiger charge is -2.16. The molecule has 130 valence electrons. The van der Waals surface area contributed by atoms with Gasteiger partial charge in [-0.05, 0) is 12.3 Å². The third-order valence-corrected chi connectivity index (χ3v) is 3.67. The Morgan fingerprint density at radius 1 is 0.909 bits per heavy atom. The molecule has 0 aliphatic heterocycles. The van der Waals surface area contributed by atoms with E-state index < -0.39 is 18.5 Å². The molecule has 0 rings (SSSR count). The lowest BCUT2D eigenvalue weighted by atomic mass is 9.92. The van der Waals surface area contributed by atoms with Gasteiger partial charge in [-0.15, -0.1) is 0 Å². The summed E-state index contributed by atoms with van der Waals surface area (Å²) in [4.78, 5) is 21.6. The van der Waals surface area contributed by atoms with Gasteiger partial charge in [0.25, 0.3) is 0 Å². The Kier molecular flexibility index (Phi) is 14.1. The lowest BCUT2D eigenvalue weighted by Crippen LogP contribution is -2.18. The van der Waals surface area contributed by atoms with Crippen molar-refractivity contribution in [3.8, 4) is 0 Å². The van der Waals surface area contributed by atoms with Crippen molar-refractivity contribution < 1.29 is 24.2 Å². The normalized spacial score (nSPS) is 10.9. The molecule has 5 nitrogen and oxygen atoms in total. The fraction of sp³-hybridized carbons (Fsp3) is 0.882. The van der Waals surface area contributed by atoms with Crippen LogP contribution in [0.2, 0.25) is 0 Å². The molecule has 0 amide bonds. The average Bonchev–Trinajstić information content (AvgIpc) is 2.47. The highest BCUT2D eigenvalue weighted by Crippen LogP contribution is 2.21. The molecule has 1 N–H and O–H groups in total. The zero-order valence-electron chi connectivity index (χ0n) is 14.1. The fourth-order valence-corrected chi connectivity index (χ4v) is 2.40. The smallest absolute Gasteiger partial charge is 0.332 e. The summed E-state index contributed by atoms with van der Waals surface area (Å²) in [7, 11) is 0. The Labute approximate surface area is 134 Å². The first-order chi connectivity index (χ1) is 10.6. The Morgan fingerprint density at radius 3 is 2.00 bits per heavy atom. The molecule has 0 bridgehead atoms. The van der Waals surface area contributed by atoms with E-state index in [1.165, 1.54) is 51.4 Å². The minimum absolute atomic E-state index is 0.289. The zero-order valence-corrected chi connectivity index (χ0v) is 14.1. The predicted molar refractivity (Wildman–Crippen MR) is 85.8 cm³/mol. The number of carboxylic acid groups (broad SMARTS) is 1. The summed E-state index contributed by atoms with van der Waals surface area (Å²) in [5.74, 6) is -0.951. The highest BCUT2D eigenvalue weighted by atomic mass is 16.6. The summed E-state index contributed by atoms with van der Waals surface area (Å²) in [6.07, 6.45) is 10.7. The van der Waals surface area contributed by atoms with Gasteiger partial charge in [-0.3, -0.25) is 0 Å². The minimum atomic E-state index is -1.08. The SMILES string of the molecule is CCCCCC(CCCCC)CCOC(=O)COCC(=O)O. The average molecular weight is 316 g/mol. The number of unbranched alkanes of at least 4 members (excludes halogenated alkanes) is 4. The van der Waals surface area contributed by atoms with Crippen LogP contribution in [0.5, 0.6) is 0 Å². The van der Waals surface area contributed by atoms with Gasteiger partial charge in [0, 0.05) is 0 Å². The summed E-state index contributed by atoms with van der Waals surface area (Å²) in [5, 5.41) is 8.40. The Hall–Kier alpha value is -1.10. The molecule has 0 atom stereocenters. The number of esters is 1. The van der Waals surface area contributed by atoms with Gasteiger partial charge < -0.3 is 14.6 Å². The van der Waals surface area contributed by atoms with Crippen LogP contribution in [0.25, 0.3) is 0 Å². The zero-order chi connectivity index (χ0) is 16.6. The number of carbonyl (C=O) groups excluding carboxylic acids is 1. The second-order valence-electron chi connectivity index (χ2n) is 5.75. The highest BCUT2D eigenvalue weighted by Gasteiger charge is 2.11. The van der Waals surface area contributed by atoms with Gasteiger partial charge in [-0.2, -0.15) is 0 Å². The van der Waals surface area contributed by atoms with E-state index in [1.807, 2.05) is 0 Å². The van der Waals surface area contributed by atoms with Crippen LogP contribution in [0.4, 0.5) is 0 Å². The standard InChI is InChI=1S/C17H32O5/c1-3-5-7-9-15(10-8-6-4-2)11-12-22-17(20)14-21-13-16(18)19/h15H,3-14H2,1-2H3,(H,18,19). The number of carbonyl (C=O) groups is 2. The van der Waals surface area contributed by atoms with E-state index in [0.717, 1.165) is 6.42 Å². The Balaban J connectivity index is 3.83. The molecule has 0 fully saturated rings. The molecule has 0 aromatic heterocycles. The van der Waals surface area contributed by atoms with Gasteiger partial charge in [-0.1, -0.05) is 65.2 Å². The molecule has 22 heavy (non-hydrogen) atoms. The molecule has 0 saturated carbocycles. The first-order valence-corrected chi connectivity index (χ1v) is 8.55. The summed E-state index contributed by atoms with van der Waals surface area (Å²) in [5.41, 5.74) is 0. The molecule has 0 aromatic carbocycles. The van der Waals surface area contributed by atoms with Crippen LogP contribution >= 0.6 is 0 Å². The van der Waals surface area contributed by atoms with Gasteiger partial charge >= 0.3 is 11.9 Å². The summed E-state index contributed by atoms with van der Waals surface area (Å²) < 4.78 is 9.81. The summed E-state index contributed by atoms with van der Waals surface area (Å²) >= 11 is 0. The van der Waals surface area contributed by atoms with Crippen LogP contribution in [0.3, 0.4) is 0 Å². The van der Waals surface area contributed by atoms with E-state index in [1.54, 1.807) is 0 Å². The molecule has 0 aromatic rings. The van der Waals surface area contributed by atoms with Crippen molar-refractivity contribution in [2.45, 2.75) is 71.6 Å². The van der Waals surface area contributed by atoms with Crippen molar-refractivity contribution in [2.24, 2.45) is 5.92 Å². The van der Waals surface area contributed by atoms with Gasteiger partial charge in [0.05, 0.1) is 6.61 Å². The van der Waals surface area contributed by atoms with E-state index in [4.69, 9.17) is 14.6 Å². The van der Waals surface area contributed by atoms with E-state index >= 15 is 0 Å². The van der Waals surface area contributed by atoms with Crippen LogP contribution in [0, 0.1) is 5.92 Å². The summed E-state index contributed by atoms with van der Waals surface area (Å²) in [6.45, 7) is 4.04. The number of hydrogen-bond acceptors (Lipinski definition) is 4. The van der Waals surface area contributed by atoms with Crippen molar-refractivity contribution >= 4 is 11.9 Å². The predicted octanol–water partition coefficient (Wildman–Crippen LogP) is 3.80. The van der Waals surface area contributed by atoms with Gasteiger partial charge in [0.1, 0.15) is 13.2 Å². The van der Waals surface area contributed by atoms with Crippen LogP contribution in [-0.4, -0.2) is 36.9 Å². The van der Waals surface area contributed by atoms with Crippen molar-refractivity contribution in [3.05, 3.63) is 0 Å². The number of hydrogen-bond donors (Lipinski definition) is 1. The third-order valence-electron chi connectivity index (χ3n) is 3.67. The van der Waals surface area contributed by atoms with Gasteiger partial charge in [0.2, 0.25) is 0 Å². The fourth-order valence-electron chi connectivity index (χ4n) is 2.40. The maximum atomic E-state index is 11.4. The molecule has 0 heterocycles. The van der Waals surface area contributed by atoms with Crippen LogP contribution < -0.4 is 0 Å². The third kappa shape index (κ3) is 13.9. The van der Waals surface area contributed by atoms with Crippen molar-refractivity contribution in [1.29, 1.82) is 0 Å². The quantitative estimate of drug-likeness (QED) is 0.367. The Bertz CT molecular complexity index is 281. The molecule has 0 aliphatic carbocycles. The second-order valence-corrected chi connectivity index (χ2v) is 5.75. The molecule has 0 unspecified atom stereocenters. The monoisotopic (exact) mass is 316 g/mol. The number of ether oxygens (including phenoxy) is 2. The molecule has 0 aliphatic rings. The Morgan fingerprint density at radius 2 is 1.50 bits per heavy atom. The summed E-state index contributed by atoms with van der Waals surface area (Å²) in [6, 6.07) is 0.